The Hall–Kier alpha value is 1.46. The van der Waals surface area contributed by atoms with E-state index >= 15 is 0 Å². The lowest BCUT2D eigenvalue weighted by Gasteiger charge is -1.90. The van der Waals surface area contributed by atoms with Crippen LogP contribution in [-0.2, 0) is 0 Å². The molecule has 2 heteroatoms. The van der Waals surface area contributed by atoms with E-state index in [9.17, 15) is 0 Å². The van der Waals surface area contributed by atoms with Gasteiger partial charge in [0.15, 0.2) is 0 Å². The Kier molecular flexibility index (Phi) is 84.6. The van der Waals surface area contributed by atoms with E-state index in [4.69, 9.17) is 0 Å². The minimum Gasteiger partial charge on any atom is -0.107 e. The molecule has 0 spiro atoms. The third-order valence-electron chi connectivity index (χ3n) is 1.21. The molecule has 0 aromatic heterocycles. The van der Waals surface area contributed by atoms with Crippen LogP contribution in [0.3, 0.4) is 0 Å². The van der Waals surface area contributed by atoms with Gasteiger partial charge in [0.1, 0.15) is 0 Å². The lowest BCUT2D eigenvalue weighted by atomic mass is 10.2. The van der Waals surface area contributed by atoms with Crippen molar-refractivity contribution < 1.29 is 0 Å². The topological polar surface area (TPSA) is 0 Å². The van der Waals surface area contributed by atoms with Crippen molar-refractivity contribution in [2.75, 3.05) is 4.43 Å². The normalized spacial score (nSPS) is 6.46. The van der Waals surface area contributed by atoms with Crippen molar-refractivity contribution >= 4 is 46.6 Å². The summed E-state index contributed by atoms with van der Waals surface area (Å²) < 4.78 is 1.22. The molecule has 88 valence electrons. The van der Waals surface area contributed by atoms with Crippen molar-refractivity contribution in [2.24, 2.45) is 0 Å². The van der Waals surface area contributed by atoms with Crippen LogP contribution in [0.4, 0.5) is 0 Å². The zero-order valence-electron chi connectivity index (χ0n) is 8.03. The van der Waals surface area contributed by atoms with E-state index in [0.29, 0.717) is 0 Å². The average molecular weight is 416 g/mol. The van der Waals surface area contributed by atoms with Crippen LogP contribution < -0.4 is 0 Å². The number of unbranched alkanes of at least 4 members (excludes halogenated alkanes) is 4. The van der Waals surface area contributed by atoms with Crippen LogP contribution in [0.5, 0.6) is 0 Å². The minimum absolute atomic E-state index is 0. The molecule has 13 heavy (non-hydrogen) atoms. The Morgan fingerprint density at radius 2 is 1.00 bits per heavy atom. The van der Waals surface area contributed by atoms with E-state index in [1.807, 2.05) is 0 Å². The fourth-order valence-electron chi connectivity index (χ4n) is 0.677. The summed E-state index contributed by atoms with van der Waals surface area (Å²) in [5, 5.41) is 0. The highest BCUT2D eigenvalue weighted by Crippen LogP contribution is 2.00. The summed E-state index contributed by atoms with van der Waals surface area (Å²) in [6.07, 6.45) is 7.01. The third kappa shape index (κ3) is 59.3. The Morgan fingerprint density at radius 3 is 1.15 bits per heavy atom. The first-order chi connectivity index (χ1) is 4.83. The first-order valence-electron chi connectivity index (χ1n) is 4.39. The monoisotopic (exact) mass is 416 g/mol. The second-order valence-corrected chi connectivity index (χ2v) is 3.85. The van der Waals surface area contributed by atoms with Crippen LogP contribution in [0.25, 0.3) is 0 Å². The van der Waals surface area contributed by atoms with Crippen molar-refractivity contribution in [1.82, 2.24) is 0 Å². The van der Waals surface area contributed by atoms with Crippen molar-refractivity contribution in [3.63, 3.8) is 0 Å². The van der Waals surface area contributed by atoms with Gasteiger partial charge in [-0.25, -0.2) is 0 Å². The van der Waals surface area contributed by atoms with Crippen LogP contribution in [-0.4, -0.2) is 4.43 Å². The smallest absolute Gasteiger partial charge is 0.00332 e. The molecule has 0 bridgehead atoms. The predicted molar refractivity (Wildman–Crippen MR) is 87.9 cm³/mol. The van der Waals surface area contributed by atoms with Crippen LogP contribution in [0.1, 0.15) is 67.7 Å². The molecule has 0 aliphatic rings. The van der Waals surface area contributed by atoms with Gasteiger partial charge in [-0.3, -0.25) is 0 Å². The molecule has 0 radical (unpaired) electrons. The Bertz CT molecular complexity index is 35.1. The standard InChI is InChI=1S/C7H16.C2H5I.2CH4.HI/c1-3-5-7-6-4-2;1-2-3;;;/h3-7H2,1-2H3;2H2,1H3;2*1H4;1H. The molecule has 0 heterocycles. The Morgan fingerprint density at radius 1 is 0.769 bits per heavy atom. The number of rotatable bonds is 4. The van der Waals surface area contributed by atoms with E-state index in [1.165, 1.54) is 36.5 Å². The number of alkyl halides is 1. The van der Waals surface area contributed by atoms with E-state index in [2.05, 4.69) is 43.4 Å². The van der Waals surface area contributed by atoms with Gasteiger partial charge >= 0.3 is 0 Å². The van der Waals surface area contributed by atoms with Crippen LogP contribution in [0.2, 0.25) is 0 Å². The quantitative estimate of drug-likeness (QED) is 0.286. The van der Waals surface area contributed by atoms with Gasteiger partial charge in [-0.15, -0.1) is 24.0 Å². The summed E-state index contributed by atoms with van der Waals surface area (Å²) in [6.45, 7) is 6.60. The fraction of sp³-hybridized carbons (Fsp3) is 1.00. The zero-order valence-corrected chi connectivity index (χ0v) is 12.5. The maximum atomic E-state index is 2.29. The Balaban J connectivity index is -0.0000000320. The lowest BCUT2D eigenvalue weighted by Crippen LogP contribution is -1.70. The van der Waals surface area contributed by atoms with Crippen LogP contribution in [0, 0.1) is 0 Å². The summed E-state index contributed by atoms with van der Waals surface area (Å²) >= 11 is 2.29. The first-order valence-corrected chi connectivity index (χ1v) is 5.91. The van der Waals surface area contributed by atoms with Crippen molar-refractivity contribution in [2.45, 2.75) is 67.7 Å². The molecule has 0 nitrogen and oxygen atoms in total. The number of hydrogen-bond acceptors (Lipinski definition) is 0. The van der Waals surface area contributed by atoms with Gasteiger partial charge in [0, 0.05) is 0 Å². The summed E-state index contributed by atoms with van der Waals surface area (Å²) in [6, 6.07) is 0. The fourth-order valence-corrected chi connectivity index (χ4v) is 0.677. The maximum absolute atomic E-state index is 2.29. The molecule has 0 fully saturated rings. The van der Waals surface area contributed by atoms with E-state index in [0.717, 1.165) is 0 Å². The van der Waals surface area contributed by atoms with Crippen molar-refractivity contribution in [3.05, 3.63) is 0 Å². The Labute approximate surface area is 118 Å². The molecule has 0 aromatic rings. The molecule has 0 aromatic carbocycles. The van der Waals surface area contributed by atoms with E-state index in [-0.39, 0.29) is 38.8 Å². The van der Waals surface area contributed by atoms with Gasteiger partial charge in [0.25, 0.3) is 0 Å². The average Bonchev–Trinajstić information content (AvgIpc) is 1.91. The summed E-state index contributed by atoms with van der Waals surface area (Å²) in [4.78, 5) is 0. The molecule has 0 saturated heterocycles. The molecular formula is C11H30I2. The second-order valence-electron chi connectivity index (χ2n) is 2.33. The zero-order chi connectivity index (χ0) is 8.24. The molecule has 0 aliphatic heterocycles. The van der Waals surface area contributed by atoms with Gasteiger partial charge in [0.05, 0.1) is 0 Å². The van der Waals surface area contributed by atoms with Gasteiger partial charge < -0.3 is 0 Å². The molecule has 0 N–H and O–H groups in total. The van der Waals surface area contributed by atoms with E-state index < -0.39 is 0 Å². The first kappa shape index (κ1) is 29.3. The molecule has 0 amide bonds. The van der Waals surface area contributed by atoms with Gasteiger partial charge in [-0.2, -0.15) is 0 Å². The van der Waals surface area contributed by atoms with Crippen molar-refractivity contribution in [3.8, 4) is 0 Å². The molecule has 0 atom stereocenters. The summed E-state index contributed by atoms with van der Waals surface area (Å²) in [5.41, 5.74) is 0. The highest BCUT2D eigenvalue weighted by Gasteiger charge is 1.80. The van der Waals surface area contributed by atoms with E-state index in [1.54, 1.807) is 0 Å². The third-order valence-corrected chi connectivity index (χ3v) is 1.21. The molecular weight excluding hydrogens is 386 g/mol. The maximum Gasteiger partial charge on any atom is -0.00332 e. The highest BCUT2D eigenvalue weighted by molar-refractivity contribution is 14.1. The number of halogens is 2. The van der Waals surface area contributed by atoms with Crippen molar-refractivity contribution in [1.29, 1.82) is 0 Å². The van der Waals surface area contributed by atoms with Crippen LogP contribution >= 0.6 is 46.6 Å². The predicted octanol–water partition coefficient (Wildman–Crippen LogP) is 6.31. The SMILES string of the molecule is C.C.CCCCCCC.CCI.I. The molecule has 0 aliphatic carbocycles. The molecule has 0 saturated carbocycles. The summed E-state index contributed by atoms with van der Waals surface area (Å²) in [7, 11) is 0. The van der Waals surface area contributed by atoms with Gasteiger partial charge in [0.2, 0.25) is 0 Å². The molecule has 0 rings (SSSR count). The highest BCUT2D eigenvalue weighted by atomic mass is 127. The largest absolute Gasteiger partial charge is 0.107 e. The second kappa shape index (κ2) is 37.5. The summed E-state index contributed by atoms with van der Waals surface area (Å²) in [5.74, 6) is 0. The van der Waals surface area contributed by atoms with Gasteiger partial charge in [-0.1, -0.05) is 90.3 Å². The lowest BCUT2D eigenvalue weighted by molar-refractivity contribution is 0.656. The number of hydrogen-bond donors (Lipinski definition) is 0. The molecule has 0 unspecified atom stereocenters. The van der Waals surface area contributed by atoms with Gasteiger partial charge in [-0.05, 0) is 4.43 Å². The van der Waals surface area contributed by atoms with Crippen LogP contribution in [0.15, 0.2) is 0 Å². The minimum atomic E-state index is 0.